The van der Waals surface area contributed by atoms with E-state index in [1.54, 1.807) is 0 Å². The van der Waals surface area contributed by atoms with E-state index in [1.165, 1.54) is 42.1 Å². The third-order valence-corrected chi connectivity index (χ3v) is 7.83. The number of hydrogen-bond donors (Lipinski definition) is 1. The summed E-state index contributed by atoms with van der Waals surface area (Å²) in [5.74, 6) is 1.91. The Kier molecular flexibility index (Phi) is 5.13. The second-order valence-corrected chi connectivity index (χ2v) is 10.4. The minimum atomic E-state index is -3.52. The Morgan fingerprint density at radius 1 is 1.22 bits per heavy atom. The number of rotatable bonds is 5. The lowest BCUT2D eigenvalue weighted by molar-refractivity contribution is 0.196. The molecule has 2 aliphatic heterocycles. The molecule has 0 spiro atoms. The molecule has 150 valence electrons. The summed E-state index contributed by atoms with van der Waals surface area (Å²) < 4.78 is 27.3. The van der Waals surface area contributed by atoms with Gasteiger partial charge in [-0.3, -0.25) is 4.79 Å². The number of likely N-dealkylation sites (tertiary alicyclic amines) is 1. The summed E-state index contributed by atoms with van der Waals surface area (Å²) in [5, 5.41) is 0. The number of aromatic nitrogens is 2. The fourth-order valence-electron chi connectivity index (χ4n) is 4.15. The van der Waals surface area contributed by atoms with Gasteiger partial charge in [-0.15, -0.1) is 0 Å². The van der Waals surface area contributed by atoms with E-state index in [-0.39, 0.29) is 18.0 Å². The van der Waals surface area contributed by atoms with E-state index in [1.807, 2.05) is 0 Å². The van der Waals surface area contributed by atoms with Crippen LogP contribution in [0, 0.1) is 5.92 Å². The predicted molar refractivity (Wildman–Crippen MR) is 103 cm³/mol. The third-order valence-electron chi connectivity index (χ3n) is 5.95. The highest BCUT2D eigenvalue weighted by Gasteiger charge is 2.33. The molecule has 1 N–H and O–H groups in total. The van der Waals surface area contributed by atoms with E-state index in [2.05, 4.69) is 9.88 Å². The van der Waals surface area contributed by atoms with E-state index < -0.39 is 10.2 Å². The highest BCUT2D eigenvalue weighted by Crippen LogP contribution is 2.32. The molecule has 9 heteroatoms. The molecule has 3 aliphatic rings. The average Bonchev–Trinajstić information content (AvgIpc) is 3.45. The Hall–Kier alpha value is -1.29. The minimum Gasteiger partial charge on any atom is -0.310 e. The summed E-state index contributed by atoms with van der Waals surface area (Å²) in [5.41, 5.74) is 1.06. The average molecular weight is 396 g/mol. The Bertz CT molecular complexity index is 862. The van der Waals surface area contributed by atoms with Gasteiger partial charge in [-0.1, -0.05) is 0 Å². The zero-order valence-electron chi connectivity index (χ0n) is 16.1. The van der Waals surface area contributed by atoms with Crippen molar-refractivity contribution in [1.82, 2.24) is 23.5 Å². The first-order chi connectivity index (χ1) is 12.8. The van der Waals surface area contributed by atoms with Crippen LogP contribution in [0.4, 0.5) is 0 Å². The molecule has 0 bridgehead atoms. The largest absolute Gasteiger partial charge is 0.310 e. The highest BCUT2D eigenvalue weighted by molar-refractivity contribution is 7.86. The number of nitrogens with one attached hydrogen (secondary N) is 1. The minimum absolute atomic E-state index is 0.0942. The second-order valence-electron chi connectivity index (χ2n) is 8.29. The van der Waals surface area contributed by atoms with Crippen molar-refractivity contribution in [2.75, 3.05) is 40.3 Å². The molecule has 2 fully saturated rings. The smallest absolute Gasteiger partial charge is 0.281 e. The van der Waals surface area contributed by atoms with Crippen LogP contribution in [0.1, 0.15) is 48.7 Å². The van der Waals surface area contributed by atoms with Crippen molar-refractivity contribution in [3.8, 4) is 0 Å². The quantitative estimate of drug-likeness (QED) is 0.785. The predicted octanol–water partition coefficient (Wildman–Crippen LogP) is 0.524. The van der Waals surface area contributed by atoms with Crippen LogP contribution in [0.3, 0.4) is 0 Å². The van der Waals surface area contributed by atoms with Gasteiger partial charge in [0.2, 0.25) is 0 Å². The van der Waals surface area contributed by atoms with Gasteiger partial charge in [0.15, 0.2) is 0 Å². The molecule has 3 heterocycles. The highest BCUT2D eigenvalue weighted by atomic mass is 32.2. The Morgan fingerprint density at radius 3 is 2.70 bits per heavy atom. The molecule has 27 heavy (non-hydrogen) atoms. The molecule has 1 aromatic heterocycles. The first-order valence-corrected chi connectivity index (χ1v) is 11.3. The maximum absolute atomic E-state index is 12.7. The van der Waals surface area contributed by atoms with Crippen LogP contribution >= 0.6 is 0 Å². The lowest BCUT2D eigenvalue weighted by atomic mass is 9.96. The first-order valence-electron chi connectivity index (χ1n) is 9.86. The fraction of sp³-hybridized carbons (Fsp3) is 0.778. The van der Waals surface area contributed by atoms with Crippen LogP contribution in [-0.2, 0) is 23.2 Å². The van der Waals surface area contributed by atoms with Crippen LogP contribution in [0.2, 0.25) is 0 Å². The maximum Gasteiger partial charge on any atom is 0.281 e. The molecular weight excluding hydrogens is 366 g/mol. The lowest BCUT2D eigenvalue weighted by Gasteiger charge is -2.33. The van der Waals surface area contributed by atoms with Crippen molar-refractivity contribution in [1.29, 1.82) is 0 Å². The van der Waals surface area contributed by atoms with Gasteiger partial charge in [0, 0.05) is 52.6 Å². The van der Waals surface area contributed by atoms with Crippen molar-refractivity contribution in [3.05, 3.63) is 27.4 Å². The maximum atomic E-state index is 12.7. The summed E-state index contributed by atoms with van der Waals surface area (Å²) in [6, 6.07) is 0. The number of hydrogen-bond acceptors (Lipinski definition) is 5. The molecule has 0 radical (unpaired) electrons. The van der Waals surface area contributed by atoms with E-state index in [0.29, 0.717) is 18.5 Å². The van der Waals surface area contributed by atoms with Crippen LogP contribution in [0.5, 0.6) is 0 Å². The van der Waals surface area contributed by atoms with E-state index in [9.17, 15) is 13.2 Å². The van der Waals surface area contributed by atoms with Crippen molar-refractivity contribution in [2.45, 2.75) is 44.6 Å². The SMILES string of the molecule is CN(C)S(=O)(=O)N1CCc2nc([C@@H]3CCCN(CC4CC4)C3)[nH]c(=O)c2C1. The summed E-state index contributed by atoms with van der Waals surface area (Å²) in [7, 11) is -0.510. The summed E-state index contributed by atoms with van der Waals surface area (Å²) in [4.78, 5) is 22.9. The van der Waals surface area contributed by atoms with Gasteiger partial charge in [-0.2, -0.15) is 17.0 Å². The third kappa shape index (κ3) is 3.96. The Labute approximate surface area is 160 Å². The standard InChI is InChI=1S/C18H29N5O3S/c1-21(2)27(25,26)23-9-7-16-15(12-23)18(24)20-17(19-16)14-4-3-8-22(11-14)10-13-5-6-13/h13-14H,3-12H2,1-2H3,(H,19,20,24)/t14-/m1/s1. The lowest BCUT2D eigenvalue weighted by Crippen LogP contribution is -2.45. The van der Waals surface area contributed by atoms with E-state index in [0.717, 1.165) is 43.4 Å². The normalized spacial score (nSPS) is 24.9. The first kappa shape index (κ1) is 19.0. The van der Waals surface area contributed by atoms with Crippen LogP contribution in [0.25, 0.3) is 0 Å². The van der Waals surface area contributed by atoms with Gasteiger partial charge in [0.05, 0.1) is 11.3 Å². The molecule has 1 saturated carbocycles. The molecule has 0 amide bonds. The topological polar surface area (TPSA) is 89.6 Å². The van der Waals surface area contributed by atoms with E-state index >= 15 is 0 Å². The van der Waals surface area contributed by atoms with Gasteiger partial charge in [0.1, 0.15) is 5.82 Å². The van der Waals surface area contributed by atoms with Crippen molar-refractivity contribution in [3.63, 3.8) is 0 Å². The molecule has 1 saturated heterocycles. The zero-order valence-corrected chi connectivity index (χ0v) is 17.0. The molecule has 8 nitrogen and oxygen atoms in total. The van der Waals surface area contributed by atoms with Gasteiger partial charge in [-0.05, 0) is 38.1 Å². The monoisotopic (exact) mass is 395 g/mol. The summed E-state index contributed by atoms with van der Waals surface area (Å²) >= 11 is 0. The van der Waals surface area contributed by atoms with Crippen molar-refractivity contribution >= 4 is 10.2 Å². The molecule has 0 unspecified atom stereocenters. The molecule has 1 atom stereocenters. The molecule has 0 aromatic carbocycles. The zero-order chi connectivity index (χ0) is 19.2. The van der Waals surface area contributed by atoms with E-state index in [4.69, 9.17) is 4.98 Å². The Balaban J connectivity index is 1.53. The summed E-state index contributed by atoms with van der Waals surface area (Å²) in [6.45, 7) is 3.72. The van der Waals surface area contributed by atoms with Crippen molar-refractivity contribution < 1.29 is 8.42 Å². The van der Waals surface area contributed by atoms with Crippen LogP contribution < -0.4 is 5.56 Å². The number of piperidine rings is 1. The van der Waals surface area contributed by atoms with Crippen molar-refractivity contribution in [2.24, 2.45) is 5.92 Å². The number of nitrogens with zero attached hydrogens (tertiary/aromatic N) is 4. The fourth-order valence-corrected chi connectivity index (χ4v) is 5.23. The van der Waals surface area contributed by atoms with Gasteiger partial charge >= 0.3 is 0 Å². The second kappa shape index (κ2) is 7.27. The number of fused-ring (bicyclic) bond motifs is 1. The molecular formula is C18H29N5O3S. The molecule has 4 rings (SSSR count). The summed E-state index contributed by atoms with van der Waals surface area (Å²) in [6.07, 6.45) is 5.36. The van der Waals surface area contributed by atoms with Crippen LogP contribution in [-0.4, -0.2) is 72.2 Å². The molecule has 1 aliphatic carbocycles. The van der Waals surface area contributed by atoms with Gasteiger partial charge in [-0.25, -0.2) is 4.98 Å². The van der Waals surface area contributed by atoms with Crippen LogP contribution in [0.15, 0.2) is 4.79 Å². The Morgan fingerprint density at radius 2 is 2.00 bits per heavy atom. The molecule has 1 aromatic rings. The van der Waals surface area contributed by atoms with Gasteiger partial charge in [0.25, 0.3) is 15.8 Å². The number of H-pyrrole nitrogens is 1. The number of aromatic amines is 1. The van der Waals surface area contributed by atoms with Gasteiger partial charge < -0.3 is 9.88 Å².